The highest BCUT2D eigenvalue weighted by atomic mass is 16.5. The van der Waals surface area contributed by atoms with E-state index < -0.39 is 6.04 Å². The molecular formula is C27H30N2O4. The normalized spacial score (nSPS) is 18.8. The van der Waals surface area contributed by atoms with Crippen molar-refractivity contribution < 1.29 is 13.9 Å². The van der Waals surface area contributed by atoms with Gasteiger partial charge in [0.05, 0.1) is 30.2 Å². The molecule has 0 N–H and O–H groups in total. The molecule has 33 heavy (non-hydrogen) atoms. The third-order valence-electron chi connectivity index (χ3n) is 6.81. The van der Waals surface area contributed by atoms with Gasteiger partial charge in [0.25, 0.3) is 5.91 Å². The molecule has 2 aliphatic heterocycles. The molecule has 0 saturated carbocycles. The van der Waals surface area contributed by atoms with Gasteiger partial charge in [-0.05, 0) is 43.0 Å². The fourth-order valence-electron chi connectivity index (χ4n) is 4.90. The van der Waals surface area contributed by atoms with E-state index in [2.05, 4.69) is 11.8 Å². The van der Waals surface area contributed by atoms with Crippen molar-refractivity contribution in [1.82, 2.24) is 9.80 Å². The van der Waals surface area contributed by atoms with E-state index in [1.54, 1.807) is 0 Å². The Labute approximate surface area is 193 Å². The minimum Gasteiger partial charge on any atom is -0.450 e. The maximum Gasteiger partial charge on any atom is 0.290 e. The van der Waals surface area contributed by atoms with E-state index >= 15 is 0 Å². The first-order valence-corrected chi connectivity index (χ1v) is 11.8. The van der Waals surface area contributed by atoms with E-state index in [0.717, 1.165) is 62.4 Å². The predicted octanol–water partition coefficient (Wildman–Crippen LogP) is 3.93. The molecule has 2 aliphatic rings. The smallest absolute Gasteiger partial charge is 0.290 e. The largest absolute Gasteiger partial charge is 0.450 e. The van der Waals surface area contributed by atoms with E-state index in [4.69, 9.17) is 9.15 Å². The molecule has 5 rings (SSSR count). The zero-order valence-corrected chi connectivity index (χ0v) is 19.3. The standard InChI is InChI=1S/C27H30N2O4/c1-3-19-7-10-22-21(17-19)25(30)23-24(20-8-5-18(2)6-9-20)29(27(31)26(23)33-22)12-4-11-28-13-15-32-16-14-28/h5-10,17,24H,3-4,11-16H2,1-2H3. The average Bonchev–Trinajstić information content (AvgIpc) is 3.12. The summed E-state index contributed by atoms with van der Waals surface area (Å²) in [5.41, 5.74) is 4.00. The number of nitrogens with zero attached hydrogens (tertiary/aromatic N) is 2. The molecule has 2 aromatic carbocycles. The Morgan fingerprint density at radius 2 is 1.76 bits per heavy atom. The minimum absolute atomic E-state index is 0.101. The zero-order chi connectivity index (χ0) is 22.9. The summed E-state index contributed by atoms with van der Waals surface area (Å²) >= 11 is 0. The van der Waals surface area contributed by atoms with Crippen LogP contribution >= 0.6 is 0 Å². The monoisotopic (exact) mass is 446 g/mol. The van der Waals surface area contributed by atoms with Gasteiger partial charge in [-0.3, -0.25) is 14.5 Å². The van der Waals surface area contributed by atoms with Crippen LogP contribution in [0.5, 0.6) is 0 Å². The molecule has 0 bridgehead atoms. The Morgan fingerprint density at radius 1 is 1.00 bits per heavy atom. The lowest BCUT2D eigenvalue weighted by atomic mass is 9.97. The summed E-state index contributed by atoms with van der Waals surface area (Å²) in [5, 5.41) is 0.549. The second-order valence-electron chi connectivity index (χ2n) is 8.98. The Kier molecular flexibility index (Phi) is 6.04. The molecule has 1 saturated heterocycles. The highest BCUT2D eigenvalue weighted by molar-refractivity contribution is 5.99. The van der Waals surface area contributed by atoms with Crippen molar-refractivity contribution in [2.45, 2.75) is 32.7 Å². The van der Waals surface area contributed by atoms with Crippen LogP contribution in [0.15, 0.2) is 51.7 Å². The molecule has 0 aliphatic carbocycles. The number of hydrogen-bond donors (Lipinski definition) is 0. The summed E-state index contributed by atoms with van der Waals surface area (Å²) in [4.78, 5) is 31.4. The third-order valence-corrected chi connectivity index (χ3v) is 6.81. The number of rotatable bonds is 6. The van der Waals surface area contributed by atoms with Gasteiger partial charge in [-0.25, -0.2) is 0 Å². The van der Waals surface area contributed by atoms with Gasteiger partial charge in [-0.2, -0.15) is 0 Å². The van der Waals surface area contributed by atoms with E-state index in [1.165, 1.54) is 0 Å². The number of morpholine rings is 1. The fraction of sp³-hybridized carbons (Fsp3) is 0.407. The Balaban J connectivity index is 1.54. The topological polar surface area (TPSA) is 63.0 Å². The van der Waals surface area contributed by atoms with Crippen molar-refractivity contribution in [2.75, 3.05) is 39.4 Å². The average molecular weight is 447 g/mol. The lowest BCUT2D eigenvalue weighted by molar-refractivity contribution is 0.0353. The summed E-state index contributed by atoms with van der Waals surface area (Å²) in [6.45, 7) is 8.90. The minimum atomic E-state index is -0.427. The summed E-state index contributed by atoms with van der Waals surface area (Å²) in [6.07, 6.45) is 1.66. The van der Waals surface area contributed by atoms with Crippen molar-refractivity contribution in [1.29, 1.82) is 0 Å². The van der Waals surface area contributed by atoms with Crippen LogP contribution in [0.2, 0.25) is 0 Å². The maximum absolute atomic E-state index is 13.7. The maximum atomic E-state index is 13.7. The van der Waals surface area contributed by atoms with Crippen LogP contribution in [0.1, 0.15) is 52.2 Å². The Morgan fingerprint density at radius 3 is 2.48 bits per heavy atom. The number of hydrogen-bond acceptors (Lipinski definition) is 5. The van der Waals surface area contributed by atoms with Crippen LogP contribution in [0.25, 0.3) is 11.0 Å². The first kappa shape index (κ1) is 21.9. The SMILES string of the molecule is CCc1ccc2oc3c(c(=O)c2c1)C(c1ccc(C)cc1)N(CCCN1CCOCC1)C3=O. The van der Waals surface area contributed by atoms with Crippen molar-refractivity contribution >= 4 is 16.9 Å². The van der Waals surface area contributed by atoms with Gasteiger partial charge in [-0.1, -0.05) is 42.8 Å². The van der Waals surface area contributed by atoms with Crippen LogP contribution in [-0.2, 0) is 11.2 Å². The Bertz CT molecular complexity index is 1230. The van der Waals surface area contributed by atoms with Crippen LogP contribution in [0.3, 0.4) is 0 Å². The first-order chi connectivity index (χ1) is 16.1. The molecule has 6 heteroatoms. The summed E-state index contributed by atoms with van der Waals surface area (Å²) in [7, 11) is 0. The molecule has 1 amide bonds. The lowest BCUT2D eigenvalue weighted by Crippen LogP contribution is -2.38. The zero-order valence-electron chi connectivity index (χ0n) is 19.3. The lowest BCUT2D eigenvalue weighted by Gasteiger charge is -2.29. The predicted molar refractivity (Wildman–Crippen MR) is 128 cm³/mol. The highest BCUT2D eigenvalue weighted by Gasteiger charge is 2.42. The van der Waals surface area contributed by atoms with Gasteiger partial charge in [-0.15, -0.1) is 0 Å². The molecule has 3 heterocycles. The van der Waals surface area contributed by atoms with Crippen LogP contribution in [0, 0.1) is 6.92 Å². The molecule has 3 aromatic rings. The number of fused-ring (bicyclic) bond motifs is 2. The van der Waals surface area contributed by atoms with Crippen molar-refractivity contribution in [3.05, 3.63) is 80.7 Å². The van der Waals surface area contributed by atoms with Gasteiger partial charge in [0.1, 0.15) is 5.58 Å². The van der Waals surface area contributed by atoms with Gasteiger partial charge in [0.2, 0.25) is 5.76 Å². The van der Waals surface area contributed by atoms with E-state index in [-0.39, 0.29) is 17.1 Å². The number of benzene rings is 2. The molecule has 6 nitrogen and oxygen atoms in total. The van der Waals surface area contributed by atoms with Crippen molar-refractivity contribution in [3.8, 4) is 0 Å². The molecule has 1 unspecified atom stereocenters. The van der Waals surface area contributed by atoms with Crippen molar-refractivity contribution in [2.24, 2.45) is 0 Å². The third kappa shape index (κ3) is 4.09. The first-order valence-electron chi connectivity index (χ1n) is 11.8. The van der Waals surface area contributed by atoms with Crippen LogP contribution < -0.4 is 5.43 Å². The molecule has 1 aromatic heterocycles. The van der Waals surface area contributed by atoms with Gasteiger partial charge in [0, 0.05) is 26.2 Å². The van der Waals surface area contributed by atoms with Crippen LogP contribution in [0.4, 0.5) is 0 Å². The summed E-state index contributed by atoms with van der Waals surface area (Å²) < 4.78 is 11.5. The van der Waals surface area contributed by atoms with Gasteiger partial charge < -0.3 is 14.1 Å². The number of ether oxygens (including phenoxy) is 1. The van der Waals surface area contributed by atoms with Gasteiger partial charge in [0.15, 0.2) is 5.43 Å². The second-order valence-corrected chi connectivity index (χ2v) is 8.98. The Hall–Kier alpha value is -2.96. The van der Waals surface area contributed by atoms with Crippen LogP contribution in [-0.4, -0.2) is 55.1 Å². The number of aryl methyl sites for hydroxylation is 2. The molecule has 1 atom stereocenters. The molecule has 1 fully saturated rings. The second kappa shape index (κ2) is 9.12. The van der Waals surface area contributed by atoms with E-state index in [1.807, 2.05) is 54.3 Å². The van der Waals surface area contributed by atoms with Gasteiger partial charge >= 0.3 is 0 Å². The quantitative estimate of drug-likeness (QED) is 0.574. The highest BCUT2D eigenvalue weighted by Crippen LogP contribution is 2.38. The number of carbonyl (C=O) groups excluding carboxylic acids is 1. The molecule has 0 spiro atoms. The number of carbonyl (C=O) groups is 1. The molecular weight excluding hydrogens is 416 g/mol. The summed E-state index contributed by atoms with van der Waals surface area (Å²) in [5.74, 6) is -0.00943. The fourth-order valence-corrected chi connectivity index (χ4v) is 4.90. The van der Waals surface area contributed by atoms with Crippen molar-refractivity contribution in [3.63, 3.8) is 0 Å². The molecule has 0 radical (unpaired) electrons. The van der Waals surface area contributed by atoms with E-state index in [0.29, 0.717) is 23.1 Å². The van der Waals surface area contributed by atoms with E-state index in [9.17, 15) is 9.59 Å². The molecule has 172 valence electrons. The number of amides is 1. The summed E-state index contributed by atoms with van der Waals surface area (Å²) in [6, 6.07) is 13.3.